The number of hydrogen-bond donors (Lipinski definition) is 1. The lowest BCUT2D eigenvalue weighted by molar-refractivity contribution is -0.122. The number of anilines is 1. The second kappa shape index (κ2) is 8.08. The fourth-order valence-corrected chi connectivity index (χ4v) is 7.15. The van der Waals surface area contributed by atoms with Crippen LogP contribution in [-0.2, 0) is 15.0 Å². The van der Waals surface area contributed by atoms with Gasteiger partial charge in [0.15, 0.2) is 0 Å². The van der Waals surface area contributed by atoms with Gasteiger partial charge in [-0.05, 0) is 45.8 Å². The third-order valence-electron chi connectivity index (χ3n) is 7.88. The minimum Gasteiger partial charge on any atom is -0.274 e. The minimum atomic E-state index is -1.01. The first-order chi connectivity index (χ1) is 18.1. The monoisotopic (exact) mass is 503 g/mol. The number of carbonyl (C=O) groups excluding carboxylic acids is 3. The number of carbonyl (C=O) groups is 3. The molecule has 2 unspecified atom stereocenters. The van der Waals surface area contributed by atoms with Gasteiger partial charge in [0.25, 0.3) is 5.91 Å². The van der Waals surface area contributed by atoms with Gasteiger partial charge in [-0.2, -0.15) is 5.10 Å². The normalized spacial score (nSPS) is 25.2. The van der Waals surface area contributed by atoms with E-state index in [0.717, 1.165) is 22.3 Å². The van der Waals surface area contributed by atoms with Crippen LogP contribution in [0.15, 0.2) is 101 Å². The zero-order valence-corrected chi connectivity index (χ0v) is 20.4. The number of hydrazone groups is 1. The number of thiophene rings is 1. The lowest BCUT2D eigenvalue weighted by Crippen LogP contribution is -2.54. The van der Waals surface area contributed by atoms with Crippen LogP contribution in [0.4, 0.5) is 5.69 Å². The van der Waals surface area contributed by atoms with Crippen molar-refractivity contribution in [2.75, 3.05) is 4.90 Å². The molecule has 1 aromatic heterocycles. The van der Waals surface area contributed by atoms with Crippen LogP contribution in [0.1, 0.15) is 37.8 Å². The van der Waals surface area contributed by atoms with Gasteiger partial charge >= 0.3 is 0 Å². The van der Waals surface area contributed by atoms with E-state index >= 15 is 0 Å². The first-order valence-corrected chi connectivity index (χ1v) is 13.0. The largest absolute Gasteiger partial charge is 0.281 e. The van der Waals surface area contributed by atoms with E-state index in [9.17, 15) is 14.4 Å². The second-order valence-corrected chi connectivity index (χ2v) is 10.5. The van der Waals surface area contributed by atoms with Crippen molar-refractivity contribution >= 4 is 41.0 Å². The van der Waals surface area contributed by atoms with Crippen LogP contribution in [0.25, 0.3) is 0 Å². The predicted octanol–water partition coefficient (Wildman–Crippen LogP) is 4.71. The Balaban J connectivity index is 1.44. The van der Waals surface area contributed by atoms with Gasteiger partial charge in [0, 0.05) is 12.1 Å². The number of benzene rings is 3. The van der Waals surface area contributed by atoms with E-state index in [1.165, 1.54) is 16.2 Å². The maximum atomic E-state index is 14.2. The smallest absolute Gasteiger partial charge is 0.274 e. The van der Waals surface area contributed by atoms with E-state index in [-0.39, 0.29) is 23.6 Å². The number of nitrogens with zero attached hydrogens (tertiary/aromatic N) is 2. The Morgan fingerprint density at radius 3 is 2.14 bits per heavy atom. The molecule has 3 amide bonds. The Labute approximate surface area is 217 Å². The first-order valence-electron chi connectivity index (χ1n) is 12.1. The third kappa shape index (κ3) is 2.92. The topological polar surface area (TPSA) is 78.8 Å². The highest BCUT2D eigenvalue weighted by Gasteiger charge is 2.68. The van der Waals surface area contributed by atoms with Crippen molar-refractivity contribution in [2.24, 2.45) is 16.9 Å². The van der Waals surface area contributed by atoms with Gasteiger partial charge in [-0.25, -0.2) is 10.3 Å². The van der Waals surface area contributed by atoms with Crippen molar-refractivity contribution in [1.29, 1.82) is 0 Å². The highest BCUT2D eigenvalue weighted by molar-refractivity contribution is 7.12. The van der Waals surface area contributed by atoms with Crippen molar-refractivity contribution in [2.45, 2.75) is 11.3 Å². The van der Waals surface area contributed by atoms with Crippen molar-refractivity contribution < 1.29 is 14.4 Å². The molecular weight excluding hydrogens is 482 g/mol. The first kappa shape index (κ1) is 21.9. The Morgan fingerprint density at radius 2 is 1.49 bits per heavy atom. The number of para-hydroxylation sites is 1. The molecule has 3 aliphatic carbocycles. The van der Waals surface area contributed by atoms with Gasteiger partial charge in [0.2, 0.25) is 11.8 Å². The van der Waals surface area contributed by atoms with Crippen molar-refractivity contribution in [1.82, 2.24) is 5.43 Å². The van der Waals surface area contributed by atoms with Gasteiger partial charge < -0.3 is 0 Å². The summed E-state index contributed by atoms with van der Waals surface area (Å²) in [5.41, 5.74) is 6.15. The molecule has 1 aliphatic heterocycles. The molecule has 3 aromatic carbocycles. The van der Waals surface area contributed by atoms with Crippen LogP contribution in [0.2, 0.25) is 0 Å². The summed E-state index contributed by atoms with van der Waals surface area (Å²) >= 11 is 1.33. The van der Waals surface area contributed by atoms with E-state index in [0.29, 0.717) is 10.6 Å². The standard InChI is InChI=1S/C30H21N3O3S/c34-27(23-15-8-16-37-23)32-31-17-30-21-13-6-4-11-19(21)24(20-12-5-7-14-22(20)30)25-26(30)29(36)33(28(25)35)18-9-2-1-3-10-18/h1-17,24-26H,(H,32,34). The molecule has 4 aliphatic rings. The number of hydrogen-bond acceptors (Lipinski definition) is 5. The molecule has 0 radical (unpaired) electrons. The lowest BCUT2D eigenvalue weighted by Gasteiger charge is -2.52. The molecule has 7 heteroatoms. The quantitative estimate of drug-likeness (QED) is 0.249. The molecule has 4 aromatic rings. The number of nitrogens with one attached hydrogen (secondary N) is 1. The van der Waals surface area contributed by atoms with Crippen molar-refractivity contribution in [3.63, 3.8) is 0 Å². The van der Waals surface area contributed by atoms with E-state index in [4.69, 9.17) is 0 Å². The number of rotatable bonds is 4. The summed E-state index contributed by atoms with van der Waals surface area (Å²) in [5.74, 6) is -2.25. The van der Waals surface area contributed by atoms with Gasteiger partial charge in [0.1, 0.15) is 0 Å². The molecule has 1 saturated heterocycles. The molecule has 1 N–H and O–H groups in total. The summed E-state index contributed by atoms with van der Waals surface area (Å²) in [5, 5.41) is 6.27. The van der Waals surface area contributed by atoms with Crippen LogP contribution in [0.3, 0.4) is 0 Å². The molecule has 6 nitrogen and oxygen atoms in total. The van der Waals surface area contributed by atoms with Crippen LogP contribution in [0, 0.1) is 11.8 Å². The number of amides is 3. The van der Waals surface area contributed by atoms with Gasteiger partial charge in [-0.1, -0.05) is 72.8 Å². The Morgan fingerprint density at radius 1 is 0.838 bits per heavy atom. The summed E-state index contributed by atoms with van der Waals surface area (Å²) in [7, 11) is 0. The summed E-state index contributed by atoms with van der Waals surface area (Å²) in [6, 6.07) is 28.6. The summed E-state index contributed by atoms with van der Waals surface area (Å²) in [6.07, 6.45) is 1.68. The van der Waals surface area contributed by atoms with E-state index in [1.807, 2.05) is 78.2 Å². The molecule has 2 bridgehead atoms. The molecule has 2 atom stereocenters. The molecular formula is C30H21N3O3S. The SMILES string of the molecule is O=C(NN=CC12c3ccccc3C(c3ccccc31)C1C(=O)N(c3ccccc3)C(=O)C12)c1cccs1. The highest BCUT2D eigenvalue weighted by atomic mass is 32.1. The maximum absolute atomic E-state index is 14.2. The Hall–Kier alpha value is -4.36. The van der Waals surface area contributed by atoms with Crippen molar-refractivity contribution in [3.8, 4) is 0 Å². The van der Waals surface area contributed by atoms with Crippen LogP contribution >= 0.6 is 11.3 Å². The Bertz CT molecular complexity index is 1550. The minimum absolute atomic E-state index is 0.199. The summed E-state index contributed by atoms with van der Waals surface area (Å²) < 4.78 is 0. The maximum Gasteiger partial charge on any atom is 0.281 e. The van der Waals surface area contributed by atoms with E-state index < -0.39 is 17.3 Å². The molecule has 37 heavy (non-hydrogen) atoms. The molecule has 8 rings (SSSR count). The van der Waals surface area contributed by atoms with E-state index in [1.54, 1.807) is 24.4 Å². The molecule has 2 heterocycles. The van der Waals surface area contributed by atoms with E-state index in [2.05, 4.69) is 10.5 Å². The van der Waals surface area contributed by atoms with Crippen LogP contribution in [-0.4, -0.2) is 23.9 Å². The average Bonchev–Trinajstić information content (AvgIpc) is 3.57. The van der Waals surface area contributed by atoms with Crippen molar-refractivity contribution in [3.05, 3.63) is 124 Å². The third-order valence-corrected chi connectivity index (χ3v) is 8.75. The zero-order chi connectivity index (χ0) is 25.1. The number of imide groups is 1. The zero-order valence-electron chi connectivity index (χ0n) is 19.6. The summed E-state index contributed by atoms with van der Waals surface area (Å²) in [4.78, 5) is 42.8. The average molecular weight is 504 g/mol. The Kier molecular flexibility index (Phi) is 4.78. The fourth-order valence-electron chi connectivity index (χ4n) is 6.54. The highest BCUT2D eigenvalue weighted by Crippen LogP contribution is 2.63. The molecule has 0 spiro atoms. The van der Waals surface area contributed by atoms with Gasteiger partial charge in [-0.3, -0.25) is 14.4 Å². The molecule has 0 saturated carbocycles. The van der Waals surface area contributed by atoms with Crippen LogP contribution < -0.4 is 10.3 Å². The second-order valence-electron chi connectivity index (χ2n) is 9.55. The van der Waals surface area contributed by atoms with Crippen LogP contribution in [0.5, 0.6) is 0 Å². The fraction of sp³-hybridized carbons (Fsp3) is 0.133. The summed E-state index contributed by atoms with van der Waals surface area (Å²) in [6.45, 7) is 0. The van der Waals surface area contributed by atoms with Gasteiger partial charge in [-0.15, -0.1) is 11.3 Å². The predicted molar refractivity (Wildman–Crippen MR) is 142 cm³/mol. The molecule has 180 valence electrons. The lowest BCUT2D eigenvalue weighted by atomic mass is 9.47. The molecule has 1 fully saturated rings. The van der Waals surface area contributed by atoms with Gasteiger partial charge in [0.05, 0.1) is 27.8 Å².